The van der Waals surface area contributed by atoms with Gasteiger partial charge in [0, 0.05) is 136 Å². The molecule has 0 radical (unpaired) electrons. The largest absolute Gasteiger partial charge is 1.00 e. The molecule has 240 valence electrons. The Kier molecular flexibility index (Phi) is 140. The van der Waals surface area contributed by atoms with E-state index in [-0.39, 0.29) is 52.8 Å². The van der Waals surface area contributed by atoms with Gasteiger partial charge in [0.2, 0.25) is 0 Å². The van der Waals surface area contributed by atoms with Gasteiger partial charge in [0.15, 0.2) is 0 Å². The van der Waals surface area contributed by atoms with Crippen molar-refractivity contribution >= 4 is 113 Å². The molecule has 0 unspecified atom stereocenters. The van der Waals surface area contributed by atoms with Crippen molar-refractivity contribution in [2.75, 3.05) is 27.4 Å². The second kappa shape index (κ2) is 83.8. The second-order valence-corrected chi connectivity index (χ2v) is 19.4. The first-order valence-electron chi connectivity index (χ1n) is 12.2. The second-order valence-electron chi connectivity index (χ2n) is 7.04. The summed E-state index contributed by atoms with van der Waals surface area (Å²) in [6, 6.07) is 0. The van der Waals surface area contributed by atoms with Gasteiger partial charge in [-0.25, -0.2) is 0 Å². The molecule has 0 aromatic rings. The molecule has 0 aliphatic rings. The summed E-state index contributed by atoms with van der Waals surface area (Å²) in [5.41, 5.74) is -0.750. The number of aldehydes is 1. The fourth-order valence-electron chi connectivity index (χ4n) is 0.888. The number of rotatable bonds is 7. The van der Waals surface area contributed by atoms with E-state index in [4.69, 9.17) is 4.79 Å². The molecular formula is C23H57KO4S11. The van der Waals surface area contributed by atoms with Crippen LogP contribution in [0.15, 0.2) is 0 Å². The van der Waals surface area contributed by atoms with Crippen LogP contribution in [0.5, 0.6) is 0 Å². The minimum absolute atomic E-state index is 0. The van der Waals surface area contributed by atoms with Crippen molar-refractivity contribution in [2.24, 2.45) is 0 Å². The van der Waals surface area contributed by atoms with Crippen LogP contribution in [0.2, 0.25) is 0 Å². The molecule has 0 rings (SSSR count). The molecule has 0 fully saturated rings. The maximum atomic E-state index is 10.1. The molecule has 0 atom stereocenters. The summed E-state index contributed by atoms with van der Waals surface area (Å²) in [5.74, 6) is 0. The number of ether oxygens (including phenoxy) is 2. The molecule has 0 aromatic heterocycles. The number of hydrogen-bond acceptors (Lipinski definition) is 8. The Morgan fingerprint density at radius 3 is 0.949 bits per heavy atom. The van der Waals surface area contributed by atoms with Gasteiger partial charge in [0.05, 0.1) is 0 Å². The van der Waals surface area contributed by atoms with Gasteiger partial charge >= 0.3 is 51.4 Å². The number of carbonyl (C=O) groups is 1. The average molecular weight is 790 g/mol. The summed E-state index contributed by atoms with van der Waals surface area (Å²) in [7, 11) is 13.1. The monoisotopic (exact) mass is 788 g/mol. The third-order valence-electron chi connectivity index (χ3n) is 2.38. The number of methoxy groups -OCH3 is 2. The van der Waals surface area contributed by atoms with Crippen molar-refractivity contribution in [3.8, 4) is 0 Å². The molecule has 0 saturated heterocycles. The molecule has 0 aliphatic heterocycles. The van der Waals surface area contributed by atoms with Crippen LogP contribution in [0.1, 0.15) is 116 Å². The van der Waals surface area contributed by atoms with E-state index in [0.717, 1.165) is 19.5 Å². The van der Waals surface area contributed by atoms with Crippen LogP contribution in [0.3, 0.4) is 0 Å². The van der Waals surface area contributed by atoms with E-state index in [1.165, 1.54) is 87.4 Å². The minimum Gasteiger partial charge on any atom is -0.850 e. The molecule has 4 nitrogen and oxygen atoms in total. The van der Waals surface area contributed by atoms with Gasteiger partial charge in [-0.2, -0.15) is 0 Å². The number of carbonyl (C=O) groups excluding carboxylic acids is 1. The van der Waals surface area contributed by atoms with Crippen LogP contribution in [0, 0.1) is 0 Å². The van der Waals surface area contributed by atoms with Crippen molar-refractivity contribution in [3.63, 3.8) is 0 Å². The van der Waals surface area contributed by atoms with Gasteiger partial charge in [-0.3, -0.25) is 0 Å². The fourth-order valence-corrected chi connectivity index (χ4v) is 9.12. The normalized spacial score (nSPS) is 7.51. The van der Waals surface area contributed by atoms with Crippen LogP contribution < -0.4 is 56.5 Å². The van der Waals surface area contributed by atoms with E-state index < -0.39 is 5.60 Å². The van der Waals surface area contributed by atoms with E-state index >= 15 is 0 Å². The van der Waals surface area contributed by atoms with Gasteiger partial charge in [-0.05, 0) is 20.8 Å². The summed E-state index contributed by atoms with van der Waals surface area (Å²) in [6.45, 7) is 20.8. The van der Waals surface area contributed by atoms with Crippen LogP contribution in [-0.4, -0.2) is 39.3 Å². The zero-order valence-corrected chi connectivity index (χ0v) is 38.7. The Balaban J connectivity index is -0.0000000323. The predicted octanol–water partition coefficient (Wildman–Crippen LogP) is 3.66. The summed E-state index contributed by atoms with van der Waals surface area (Å²) in [4.78, 5) is 8.81. The van der Waals surface area contributed by atoms with E-state index in [1.807, 2.05) is 13.8 Å². The van der Waals surface area contributed by atoms with Gasteiger partial charge in [0.25, 0.3) is 0 Å². The van der Waals surface area contributed by atoms with Crippen molar-refractivity contribution in [3.05, 3.63) is 0 Å². The van der Waals surface area contributed by atoms with E-state index in [9.17, 15) is 5.11 Å². The zero-order valence-electron chi connectivity index (χ0n) is 26.6. The van der Waals surface area contributed by atoms with Crippen LogP contribution in [0.4, 0.5) is 0 Å². The first-order chi connectivity index (χ1) is 17.9. The maximum absolute atomic E-state index is 10.1. The van der Waals surface area contributed by atoms with Gasteiger partial charge in [0.1, 0.15) is 6.29 Å². The maximum Gasteiger partial charge on any atom is 1.00 e. The molecule has 0 bridgehead atoms. The van der Waals surface area contributed by atoms with Crippen LogP contribution in [-0.2, 0) is 121 Å². The Hall–Kier alpha value is 3.61. The van der Waals surface area contributed by atoms with Gasteiger partial charge in [-0.15, -0.1) is 5.60 Å². The smallest absolute Gasteiger partial charge is 0.850 e. The zero-order chi connectivity index (χ0) is 31.9. The van der Waals surface area contributed by atoms with E-state index in [0.29, 0.717) is 0 Å². The molecule has 0 saturated carbocycles. The summed E-state index contributed by atoms with van der Waals surface area (Å²) >= 11 is 17.8. The molecule has 0 N–H and O–H groups in total. The predicted molar refractivity (Wildman–Crippen MR) is 205 cm³/mol. The van der Waals surface area contributed by atoms with E-state index in [2.05, 4.69) is 81.9 Å². The van der Waals surface area contributed by atoms with Gasteiger partial charge in [-0.1, -0.05) is 93.4 Å². The van der Waals surface area contributed by atoms with Crippen LogP contribution in [0.25, 0.3) is 0 Å². The molecule has 0 amide bonds. The van der Waals surface area contributed by atoms with Crippen molar-refractivity contribution < 1.29 is 72.2 Å². The third kappa shape index (κ3) is 268. The average Bonchev–Trinajstić information content (AvgIpc) is 2.89. The molecule has 0 aliphatic carbocycles. The first kappa shape index (κ1) is 65.3. The third-order valence-corrected chi connectivity index (χ3v) is 13.5. The number of unbranched alkanes of at least 4 members (excludes halogenated alkanes) is 5. The summed E-state index contributed by atoms with van der Waals surface area (Å²) < 4.78 is 9.08. The molecule has 16 heteroatoms. The Labute approximate surface area is 327 Å². The molecular weight excluding hydrogens is 732 g/mol. The number of hydrogen-bond donors (Lipinski definition) is 0. The van der Waals surface area contributed by atoms with Crippen molar-refractivity contribution in [1.82, 2.24) is 0 Å². The van der Waals surface area contributed by atoms with Crippen molar-refractivity contribution in [2.45, 2.75) is 120 Å². The minimum atomic E-state index is -0.750. The quantitative estimate of drug-likeness (QED) is 0.221. The summed E-state index contributed by atoms with van der Waals surface area (Å²) in [5, 5.41) is 10.1. The molecule has 0 spiro atoms. The Morgan fingerprint density at radius 2 is 0.872 bits per heavy atom. The summed E-state index contributed by atoms with van der Waals surface area (Å²) in [6.07, 6.45) is 10.4. The standard InChI is InChI=1S/C6H14.C5H12.C4H9O.2C3H8O.C2H4O.K.S7.S4.H2/c1-3-5-6-4-2;1-3-5-4-2;1-4(2,3)5;2*1-3-4-2;1-2-3;;1-3-5-7-6-4-2;1-3-4-2;/h3-6H2,1-2H3;3-5H2,1-2H3;1-3H3;2*3H2,1-2H3;2H,1H3;;;;1H/q;;-1;;;;+1;;;. The van der Waals surface area contributed by atoms with Crippen LogP contribution >= 0.6 is 0 Å². The first-order valence-corrected chi connectivity index (χ1v) is 24.2. The molecule has 39 heavy (non-hydrogen) atoms. The SMILES string of the molecule is CC(C)(C)[O-].CC=O.CCCCC.CCCCCC.CCOC.CCOC.S=S=S=S.S=S=S=S=S=S=S.[HH].[K+]. The van der Waals surface area contributed by atoms with Gasteiger partial charge < -0.3 is 19.4 Å². The van der Waals surface area contributed by atoms with Crippen molar-refractivity contribution in [1.29, 1.82) is 0 Å². The topological polar surface area (TPSA) is 58.6 Å². The fraction of sp³-hybridized carbons (Fsp3) is 0.957. The Morgan fingerprint density at radius 1 is 0.667 bits per heavy atom. The van der Waals surface area contributed by atoms with E-state index in [1.54, 1.807) is 61.6 Å². The molecule has 0 heterocycles. The Bertz CT molecular complexity index is 608. The molecule has 0 aromatic carbocycles.